The fourth-order valence-corrected chi connectivity index (χ4v) is 6.88. The van der Waals surface area contributed by atoms with Crippen LogP contribution >= 0.6 is 0 Å². The molecule has 5 heterocycles. The van der Waals surface area contributed by atoms with Crippen LogP contribution < -0.4 is 9.64 Å². The van der Waals surface area contributed by atoms with Crippen LogP contribution in [0, 0.1) is 19.7 Å². The van der Waals surface area contributed by atoms with Crippen LogP contribution in [0.4, 0.5) is 10.2 Å². The Morgan fingerprint density at radius 2 is 1.82 bits per heavy atom. The van der Waals surface area contributed by atoms with Crippen molar-refractivity contribution in [2.75, 3.05) is 31.7 Å². The first-order valence-electron chi connectivity index (χ1n) is 17.4. The van der Waals surface area contributed by atoms with Gasteiger partial charge in [-0.2, -0.15) is 9.61 Å². The molecule has 49 heavy (non-hydrogen) atoms. The first-order chi connectivity index (χ1) is 23.3. The highest BCUT2D eigenvalue weighted by Gasteiger charge is 2.38. The van der Waals surface area contributed by atoms with Crippen molar-refractivity contribution in [3.63, 3.8) is 0 Å². The number of aryl methyl sites for hydroxylation is 2. The molecule has 0 N–H and O–H groups in total. The SMILES string of the molecule is COC(=O)C(OC(C)(C)C)c1c(C)nc2cc3nn2c1N1CCC(C)(CC1)OCCCCC(C)Oc1ccc(C)c(F)c1-c1cccc-3c1. The maximum atomic E-state index is 15.9. The lowest BCUT2D eigenvalue weighted by Gasteiger charge is -2.41. The Kier molecular flexibility index (Phi) is 9.74. The molecule has 3 aliphatic rings. The second-order valence-corrected chi connectivity index (χ2v) is 14.7. The number of benzene rings is 2. The lowest BCUT2D eigenvalue weighted by molar-refractivity contribution is -0.164. The highest BCUT2D eigenvalue weighted by molar-refractivity contribution is 5.81. The zero-order valence-electron chi connectivity index (χ0n) is 30.1. The summed E-state index contributed by atoms with van der Waals surface area (Å²) < 4.78 is 42.3. The normalized spacial score (nSPS) is 20.9. The largest absolute Gasteiger partial charge is 0.490 e. The van der Waals surface area contributed by atoms with Crippen LogP contribution in [0.5, 0.6) is 5.75 Å². The van der Waals surface area contributed by atoms with Gasteiger partial charge in [0.2, 0.25) is 0 Å². The molecule has 0 spiro atoms. The molecular weight excluding hydrogens is 623 g/mol. The number of hydrogen-bond donors (Lipinski definition) is 0. The van der Waals surface area contributed by atoms with Crippen molar-refractivity contribution in [2.45, 2.75) is 104 Å². The predicted octanol–water partition coefficient (Wildman–Crippen LogP) is 8.18. The van der Waals surface area contributed by atoms with Crippen LogP contribution in [-0.2, 0) is 19.0 Å². The minimum Gasteiger partial charge on any atom is -0.490 e. The molecule has 2 atom stereocenters. The lowest BCUT2D eigenvalue weighted by Crippen LogP contribution is -2.46. The number of rotatable bonds is 3. The number of piperidine rings is 1. The van der Waals surface area contributed by atoms with Gasteiger partial charge in [-0.1, -0.05) is 24.3 Å². The number of anilines is 1. The molecule has 2 aromatic heterocycles. The Hall–Kier alpha value is -4.02. The number of methoxy groups -OCH3 is 1. The summed E-state index contributed by atoms with van der Waals surface area (Å²) in [5.41, 5.74) is 4.14. The number of ether oxygens (including phenoxy) is 4. The summed E-state index contributed by atoms with van der Waals surface area (Å²) in [4.78, 5) is 20.6. The van der Waals surface area contributed by atoms with E-state index in [1.165, 1.54) is 7.11 Å². The van der Waals surface area contributed by atoms with Gasteiger partial charge in [-0.25, -0.2) is 14.2 Å². The molecule has 2 aromatic carbocycles. The van der Waals surface area contributed by atoms with Crippen molar-refractivity contribution >= 4 is 17.4 Å². The molecule has 1 saturated heterocycles. The first-order valence-corrected chi connectivity index (χ1v) is 17.4. The minimum absolute atomic E-state index is 0.0927. The Balaban J connectivity index is 1.56. The number of esters is 1. The number of carbonyl (C=O) groups is 1. The minimum atomic E-state index is -1.02. The number of fused-ring (bicyclic) bond motifs is 8. The Bertz CT molecular complexity index is 1840. The Morgan fingerprint density at radius 1 is 1.08 bits per heavy atom. The van der Waals surface area contributed by atoms with E-state index in [0.717, 1.165) is 43.5 Å². The molecular formula is C39H49FN4O5. The van der Waals surface area contributed by atoms with Gasteiger partial charge < -0.3 is 23.8 Å². The van der Waals surface area contributed by atoms with Gasteiger partial charge in [-0.15, -0.1) is 0 Å². The third-order valence-corrected chi connectivity index (χ3v) is 9.60. The molecule has 1 fully saturated rings. The van der Waals surface area contributed by atoms with Crippen molar-refractivity contribution < 1.29 is 28.1 Å². The van der Waals surface area contributed by atoms with Crippen LogP contribution in [0.3, 0.4) is 0 Å². The van der Waals surface area contributed by atoms with E-state index < -0.39 is 17.7 Å². The average Bonchev–Trinajstić information content (AvgIpc) is 3.48. The van der Waals surface area contributed by atoms with Crippen molar-refractivity contribution in [3.8, 4) is 28.1 Å². The highest BCUT2D eigenvalue weighted by Crippen LogP contribution is 2.40. The van der Waals surface area contributed by atoms with Gasteiger partial charge in [0, 0.05) is 37.0 Å². The smallest absolute Gasteiger partial charge is 0.339 e. The van der Waals surface area contributed by atoms with E-state index in [2.05, 4.69) is 11.8 Å². The second-order valence-electron chi connectivity index (χ2n) is 14.7. The third kappa shape index (κ3) is 7.31. The van der Waals surface area contributed by atoms with E-state index in [4.69, 9.17) is 29.0 Å². The summed E-state index contributed by atoms with van der Waals surface area (Å²) in [6.45, 7) is 15.7. The van der Waals surface area contributed by atoms with E-state index in [9.17, 15) is 4.79 Å². The van der Waals surface area contributed by atoms with Crippen molar-refractivity contribution in [1.29, 1.82) is 0 Å². The number of nitrogens with zero attached hydrogens (tertiary/aromatic N) is 4. The van der Waals surface area contributed by atoms with Gasteiger partial charge in [0.15, 0.2) is 11.8 Å². The first kappa shape index (κ1) is 34.8. The monoisotopic (exact) mass is 672 g/mol. The summed E-state index contributed by atoms with van der Waals surface area (Å²) in [5.74, 6) is 0.458. The van der Waals surface area contributed by atoms with Crippen LogP contribution in [0.25, 0.3) is 28.0 Å². The Morgan fingerprint density at radius 3 is 2.53 bits per heavy atom. The number of halogens is 1. The summed E-state index contributed by atoms with van der Waals surface area (Å²) in [6.07, 6.45) is 3.16. The maximum Gasteiger partial charge on any atom is 0.339 e. The molecule has 2 unspecified atom stereocenters. The molecule has 3 aliphatic heterocycles. The van der Waals surface area contributed by atoms with Gasteiger partial charge in [-0.05, 0) is 104 Å². The van der Waals surface area contributed by atoms with Crippen LogP contribution in [0.1, 0.15) is 89.6 Å². The third-order valence-electron chi connectivity index (χ3n) is 9.60. The zero-order valence-corrected chi connectivity index (χ0v) is 30.1. The van der Waals surface area contributed by atoms with E-state index in [1.54, 1.807) is 13.0 Å². The quantitative estimate of drug-likeness (QED) is 0.202. The van der Waals surface area contributed by atoms with Gasteiger partial charge in [0.05, 0.1) is 41.2 Å². The fourth-order valence-electron chi connectivity index (χ4n) is 6.88. The summed E-state index contributed by atoms with van der Waals surface area (Å²) >= 11 is 0. The molecule has 10 heteroatoms. The molecule has 4 aromatic rings. The molecule has 0 saturated carbocycles. The molecule has 262 valence electrons. The topological polar surface area (TPSA) is 87.4 Å². The van der Waals surface area contributed by atoms with Crippen LogP contribution in [0.2, 0.25) is 0 Å². The molecule has 0 aliphatic carbocycles. The summed E-state index contributed by atoms with van der Waals surface area (Å²) in [5, 5.41) is 5.11. The lowest BCUT2D eigenvalue weighted by atomic mass is 9.92. The molecule has 0 amide bonds. The van der Waals surface area contributed by atoms with Crippen LogP contribution in [0.15, 0.2) is 42.5 Å². The van der Waals surface area contributed by atoms with E-state index >= 15 is 4.39 Å². The Labute approximate surface area is 288 Å². The van der Waals surface area contributed by atoms with Crippen molar-refractivity contribution in [3.05, 3.63) is 65.1 Å². The standard InChI is InChI=1S/C39H49FN4O5/c1-24-15-16-30-33(34(24)40)28-14-11-13-27(22-28)29-23-31-41-26(3)32(35(37(45)46-8)49-38(4,5)6)36(44(31)42-29)43-19-17-39(7,18-20-43)47-21-10-9-12-25(2)48-30/h11,13-16,22-23,25,35H,9-10,12,17-21H2,1-8H3. The summed E-state index contributed by atoms with van der Waals surface area (Å²) in [7, 11) is 1.37. The second kappa shape index (κ2) is 13.7. The number of hydrogen-bond acceptors (Lipinski definition) is 8. The van der Waals surface area contributed by atoms with E-state index in [0.29, 0.717) is 64.7 Å². The van der Waals surface area contributed by atoms with Crippen LogP contribution in [-0.4, -0.2) is 64.7 Å². The zero-order chi connectivity index (χ0) is 35.1. The molecule has 9 nitrogen and oxygen atoms in total. The molecule has 0 radical (unpaired) electrons. The number of carbonyl (C=O) groups excluding carboxylic acids is 1. The molecule has 6 bridgehead atoms. The van der Waals surface area contributed by atoms with Gasteiger partial charge in [-0.3, -0.25) is 0 Å². The summed E-state index contributed by atoms with van der Waals surface area (Å²) in [6, 6.07) is 13.3. The number of aromatic nitrogens is 3. The average molecular weight is 673 g/mol. The van der Waals surface area contributed by atoms with E-state index in [-0.39, 0.29) is 17.5 Å². The van der Waals surface area contributed by atoms with E-state index in [1.807, 2.05) is 75.5 Å². The maximum absolute atomic E-state index is 15.9. The van der Waals surface area contributed by atoms with Crippen molar-refractivity contribution in [1.82, 2.24) is 14.6 Å². The molecule has 7 rings (SSSR count). The fraction of sp³-hybridized carbons (Fsp3) is 0.513. The van der Waals surface area contributed by atoms with Crippen molar-refractivity contribution in [2.24, 2.45) is 0 Å². The van der Waals surface area contributed by atoms with Gasteiger partial charge >= 0.3 is 5.97 Å². The van der Waals surface area contributed by atoms with Gasteiger partial charge in [0.25, 0.3) is 0 Å². The van der Waals surface area contributed by atoms with Gasteiger partial charge in [0.1, 0.15) is 17.4 Å². The predicted molar refractivity (Wildman–Crippen MR) is 189 cm³/mol. The highest BCUT2D eigenvalue weighted by atomic mass is 19.1.